The Morgan fingerprint density at radius 1 is 1.47 bits per heavy atom. The van der Waals surface area contributed by atoms with E-state index >= 15 is 0 Å². The number of hydrazine groups is 1. The molecule has 94 valence electrons. The first-order valence-electron chi connectivity index (χ1n) is 5.05. The van der Waals surface area contributed by atoms with Crippen molar-refractivity contribution in [2.75, 3.05) is 20.6 Å². The van der Waals surface area contributed by atoms with E-state index in [-0.39, 0.29) is 11.8 Å². The number of nitrogens with zero attached hydrogens (tertiary/aromatic N) is 1. The molecule has 0 fully saturated rings. The zero-order chi connectivity index (χ0) is 12.8. The molecule has 0 saturated heterocycles. The first kappa shape index (κ1) is 13.6. The van der Waals surface area contributed by atoms with Gasteiger partial charge in [0.05, 0.1) is 11.4 Å². The number of hydrogen-bond donors (Lipinski definition) is 3. The van der Waals surface area contributed by atoms with Gasteiger partial charge in [0, 0.05) is 18.5 Å². The van der Waals surface area contributed by atoms with E-state index in [9.17, 15) is 9.59 Å². The summed E-state index contributed by atoms with van der Waals surface area (Å²) in [5, 5.41) is 2.56. The molecule has 7 heteroatoms. The minimum absolute atomic E-state index is 0.0380. The van der Waals surface area contributed by atoms with Crippen LogP contribution in [0, 0.1) is 0 Å². The molecule has 4 N–H and O–H groups in total. The molecule has 1 rings (SSSR count). The van der Waals surface area contributed by atoms with Gasteiger partial charge in [-0.15, -0.1) is 11.3 Å². The normalized spacial score (nSPS) is 10.4. The summed E-state index contributed by atoms with van der Waals surface area (Å²) in [5.74, 6) is 4.71. The van der Waals surface area contributed by atoms with Crippen molar-refractivity contribution in [3.63, 3.8) is 0 Å². The lowest BCUT2D eigenvalue weighted by molar-refractivity contribution is -0.121. The Morgan fingerprint density at radius 3 is 2.76 bits per heavy atom. The van der Waals surface area contributed by atoms with Gasteiger partial charge in [-0.3, -0.25) is 19.9 Å². The lowest BCUT2D eigenvalue weighted by Crippen LogP contribution is -2.32. The fourth-order valence-electron chi connectivity index (χ4n) is 1.30. The number of carbonyl (C=O) groups excluding carboxylic acids is 2. The van der Waals surface area contributed by atoms with Crippen LogP contribution in [0.25, 0.3) is 0 Å². The maximum atomic E-state index is 11.2. The molecule has 0 radical (unpaired) electrons. The van der Waals surface area contributed by atoms with E-state index in [0.717, 1.165) is 4.88 Å². The number of nitrogens with one attached hydrogen (secondary N) is 2. The van der Waals surface area contributed by atoms with Crippen LogP contribution in [0.1, 0.15) is 14.5 Å². The van der Waals surface area contributed by atoms with Crippen molar-refractivity contribution in [1.82, 2.24) is 15.6 Å². The second-order valence-electron chi connectivity index (χ2n) is 3.58. The van der Waals surface area contributed by atoms with Crippen LogP contribution in [0.4, 0.5) is 0 Å². The van der Waals surface area contributed by atoms with Gasteiger partial charge in [-0.2, -0.15) is 0 Å². The lowest BCUT2D eigenvalue weighted by Gasteiger charge is -2.13. The Morgan fingerprint density at radius 2 is 2.18 bits per heavy atom. The summed E-state index contributed by atoms with van der Waals surface area (Å²) in [6.45, 7) is 0.947. The van der Waals surface area contributed by atoms with Crippen LogP contribution in [0.5, 0.6) is 0 Å². The minimum atomic E-state index is -0.296. The maximum absolute atomic E-state index is 11.2. The lowest BCUT2D eigenvalue weighted by atomic mass is 10.4. The quantitative estimate of drug-likeness (QED) is 0.377. The van der Waals surface area contributed by atoms with Crippen molar-refractivity contribution in [1.29, 1.82) is 0 Å². The predicted octanol–water partition coefficient (Wildman–Crippen LogP) is -0.471. The highest BCUT2D eigenvalue weighted by atomic mass is 32.1. The highest BCUT2D eigenvalue weighted by Crippen LogP contribution is 2.17. The standard InChI is InChI=1S/C10H16N4O2S/c1-12-9(15)6-14(2)5-7-3-4-8(17-7)10(16)13-11/h3-4H,5-6,11H2,1-2H3,(H,12,15)(H,13,16). The second kappa shape index (κ2) is 6.33. The van der Waals surface area contributed by atoms with Gasteiger partial charge in [-0.25, -0.2) is 5.84 Å². The van der Waals surface area contributed by atoms with E-state index in [1.807, 2.05) is 18.0 Å². The molecular formula is C10H16N4O2S. The molecule has 1 aromatic heterocycles. The zero-order valence-corrected chi connectivity index (χ0v) is 10.6. The fraction of sp³-hybridized carbons (Fsp3) is 0.400. The number of nitrogens with two attached hydrogens (primary N) is 1. The van der Waals surface area contributed by atoms with Crippen LogP contribution >= 0.6 is 11.3 Å². The molecule has 0 unspecified atom stereocenters. The number of rotatable bonds is 5. The van der Waals surface area contributed by atoms with Gasteiger partial charge in [0.2, 0.25) is 5.91 Å². The number of carbonyl (C=O) groups is 2. The van der Waals surface area contributed by atoms with E-state index in [4.69, 9.17) is 5.84 Å². The third-order valence-electron chi connectivity index (χ3n) is 2.13. The van der Waals surface area contributed by atoms with Gasteiger partial charge in [0.25, 0.3) is 5.91 Å². The summed E-state index contributed by atoms with van der Waals surface area (Å²) in [7, 11) is 3.45. The van der Waals surface area contributed by atoms with Crippen molar-refractivity contribution < 1.29 is 9.59 Å². The Hall–Kier alpha value is -1.44. The second-order valence-corrected chi connectivity index (χ2v) is 4.75. The highest BCUT2D eigenvalue weighted by molar-refractivity contribution is 7.14. The van der Waals surface area contributed by atoms with Crippen LogP contribution in [0.3, 0.4) is 0 Å². The van der Waals surface area contributed by atoms with Crippen molar-refractivity contribution in [2.45, 2.75) is 6.54 Å². The molecule has 0 aromatic carbocycles. The molecule has 1 aromatic rings. The summed E-state index contributed by atoms with van der Waals surface area (Å²) in [6.07, 6.45) is 0. The summed E-state index contributed by atoms with van der Waals surface area (Å²) in [6, 6.07) is 3.57. The molecule has 0 saturated carbocycles. The van der Waals surface area contributed by atoms with E-state index in [0.29, 0.717) is 18.0 Å². The van der Waals surface area contributed by atoms with Gasteiger partial charge in [0.15, 0.2) is 0 Å². The van der Waals surface area contributed by atoms with Crippen LogP contribution in [-0.4, -0.2) is 37.4 Å². The average Bonchev–Trinajstić information content (AvgIpc) is 2.76. The Bertz CT molecular complexity index is 405. The topological polar surface area (TPSA) is 87.5 Å². The third kappa shape index (κ3) is 4.14. The van der Waals surface area contributed by atoms with Crippen LogP contribution < -0.4 is 16.6 Å². The molecule has 0 spiro atoms. The first-order valence-corrected chi connectivity index (χ1v) is 5.87. The summed E-state index contributed by atoms with van der Waals surface area (Å²) in [5.41, 5.74) is 2.08. The summed E-state index contributed by atoms with van der Waals surface area (Å²) in [4.78, 5) is 25.8. The Kier molecular flexibility index (Phi) is 5.08. The first-order chi connectivity index (χ1) is 8.06. The zero-order valence-electron chi connectivity index (χ0n) is 9.82. The van der Waals surface area contributed by atoms with Crippen molar-refractivity contribution in [2.24, 2.45) is 5.84 Å². The fourth-order valence-corrected chi connectivity index (χ4v) is 2.29. The molecular weight excluding hydrogens is 240 g/mol. The maximum Gasteiger partial charge on any atom is 0.275 e. The molecule has 0 aliphatic carbocycles. The molecule has 0 aliphatic rings. The number of likely N-dealkylation sites (N-methyl/N-ethyl adjacent to an activating group) is 2. The molecule has 6 nitrogen and oxygen atoms in total. The molecule has 0 bridgehead atoms. The third-order valence-corrected chi connectivity index (χ3v) is 3.20. The van der Waals surface area contributed by atoms with Gasteiger partial charge >= 0.3 is 0 Å². The average molecular weight is 256 g/mol. The van der Waals surface area contributed by atoms with Gasteiger partial charge in [0.1, 0.15) is 0 Å². The van der Waals surface area contributed by atoms with Crippen LogP contribution in [0.2, 0.25) is 0 Å². The smallest absolute Gasteiger partial charge is 0.275 e. The summed E-state index contributed by atoms with van der Waals surface area (Å²) >= 11 is 1.36. The number of amides is 2. The largest absolute Gasteiger partial charge is 0.358 e. The SMILES string of the molecule is CNC(=O)CN(C)Cc1ccc(C(=O)NN)s1. The molecule has 2 amide bonds. The van der Waals surface area contributed by atoms with E-state index in [1.54, 1.807) is 13.1 Å². The van der Waals surface area contributed by atoms with Gasteiger partial charge in [-0.1, -0.05) is 0 Å². The van der Waals surface area contributed by atoms with Crippen molar-refractivity contribution in [3.8, 4) is 0 Å². The highest BCUT2D eigenvalue weighted by Gasteiger charge is 2.10. The van der Waals surface area contributed by atoms with Crippen LogP contribution in [-0.2, 0) is 11.3 Å². The van der Waals surface area contributed by atoms with Crippen molar-refractivity contribution >= 4 is 23.2 Å². The Balaban J connectivity index is 2.54. The predicted molar refractivity (Wildman–Crippen MR) is 66.4 cm³/mol. The number of hydrogen-bond acceptors (Lipinski definition) is 5. The molecule has 1 heterocycles. The minimum Gasteiger partial charge on any atom is -0.358 e. The van der Waals surface area contributed by atoms with E-state index < -0.39 is 0 Å². The van der Waals surface area contributed by atoms with Crippen LogP contribution in [0.15, 0.2) is 12.1 Å². The summed E-state index contributed by atoms with van der Waals surface area (Å²) < 4.78 is 0. The number of thiophene rings is 1. The molecule has 0 aliphatic heterocycles. The van der Waals surface area contributed by atoms with Gasteiger partial charge in [-0.05, 0) is 19.2 Å². The molecule has 0 atom stereocenters. The van der Waals surface area contributed by atoms with Crippen molar-refractivity contribution in [3.05, 3.63) is 21.9 Å². The number of nitrogen functional groups attached to an aromatic ring is 1. The van der Waals surface area contributed by atoms with Gasteiger partial charge < -0.3 is 5.32 Å². The van der Waals surface area contributed by atoms with E-state index in [2.05, 4.69) is 10.7 Å². The molecule has 17 heavy (non-hydrogen) atoms. The Labute approximate surface area is 104 Å². The monoisotopic (exact) mass is 256 g/mol. The van der Waals surface area contributed by atoms with E-state index in [1.165, 1.54) is 11.3 Å².